The van der Waals surface area contributed by atoms with Gasteiger partial charge in [0.05, 0.1) is 11.5 Å². The lowest BCUT2D eigenvalue weighted by Crippen LogP contribution is -2.51. The number of carbonyl (C=O) groups excluding carboxylic acids is 1. The number of amides is 1. The third-order valence-corrected chi connectivity index (χ3v) is 6.11. The Balaban J connectivity index is 1.71. The van der Waals surface area contributed by atoms with Crippen molar-refractivity contribution in [3.05, 3.63) is 24.3 Å². The van der Waals surface area contributed by atoms with Crippen molar-refractivity contribution in [1.82, 2.24) is 4.90 Å². The summed E-state index contributed by atoms with van der Waals surface area (Å²) in [5.41, 5.74) is 5.85. The highest BCUT2D eigenvalue weighted by Gasteiger charge is 2.30. The standard InChI is InChI=1S/C19H30N2O4S/c1-15-6-5-12-21(18(15)14-20)19(22)7-3-4-13-25-16-8-10-17(11-9-16)26(2,23)24/h8-11,15,18H,3-7,12-14,20H2,1-2H3/t15-,18-/m1/s1. The Bertz CT molecular complexity index is 688. The third-order valence-electron chi connectivity index (χ3n) is 4.98. The maximum absolute atomic E-state index is 12.5. The molecular formula is C19H30N2O4S. The molecule has 1 heterocycles. The lowest BCUT2D eigenvalue weighted by molar-refractivity contribution is -0.136. The minimum absolute atomic E-state index is 0.167. The Kier molecular flexibility index (Phi) is 7.46. The van der Waals surface area contributed by atoms with E-state index in [0.29, 0.717) is 31.2 Å². The van der Waals surface area contributed by atoms with Gasteiger partial charge in [-0.2, -0.15) is 0 Å². The zero-order chi connectivity index (χ0) is 19.2. The van der Waals surface area contributed by atoms with E-state index in [1.807, 2.05) is 4.90 Å². The number of unbranched alkanes of at least 4 members (excludes halogenated alkanes) is 1. The number of piperidine rings is 1. The van der Waals surface area contributed by atoms with Crippen molar-refractivity contribution >= 4 is 15.7 Å². The second-order valence-corrected chi connectivity index (χ2v) is 9.07. The number of hydrogen-bond donors (Lipinski definition) is 1. The molecule has 1 fully saturated rings. The molecule has 2 rings (SSSR count). The normalized spacial score (nSPS) is 20.8. The molecule has 1 aliphatic heterocycles. The van der Waals surface area contributed by atoms with Crippen molar-refractivity contribution < 1.29 is 17.9 Å². The molecule has 1 aromatic carbocycles. The SMILES string of the molecule is C[C@@H]1CCCN(C(=O)CCCCOc2ccc(S(C)(=O)=O)cc2)[C@@H]1CN. The maximum Gasteiger partial charge on any atom is 0.222 e. The molecule has 2 atom stereocenters. The van der Waals surface area contributed by atoms with E-state index >= 15 is 0 Å². The number of ether oxygens (including phenoxy) is 1. The van der Waals surface area contributed by atoms with Crippen LogP contribution < -0.4 is 10.5 Å². The lowest BCUT2D eigenvalue weighted by Gasteiger charge is -2.39. The number of hydrogen-bond acceptors (Lipinski definition) is 5. The molecule has 26 heavy (non-hydrogen) atoms. The van der Waals surface area contributed by atoms with Gasteiger partial charge in [0.2, 0.25) is 5.91 Å². The van der Waals surface area contributed by atoms with Gasteiger partial charge >= 0.3 is 0 Å². The van der Waals surface area contributed by atoms with E-state index in [9.17, 15) is 13.2 Å². The predicted molar refractivity (Wildman–Crippen MR) is 102 cm³/mol. The molecule has 0 spiro atoms. The summed E-state index contributed by atoms with van der Waals surface area (Å²) in [4.78, 5) is 14.7. The van der Waals surface area contributed by atoms with E-state index in [-0.39, 0.29) is 16.8 Å². The van der Waals surface area contributed by atoms with Crippen LogP contribution in [0.5, 0.6) is 5.75 Å². The Morgan fingerprint density at radius 1 is 1.27 bits per heavy atom. The first-order chi connectivity index (χ1) is 12.3. The van der Waals surface area contributed by atoms with E-state index in [4.69, 9.17) is 10.5 Å². The van der Waals surface area contributed by atoms with E-state index in [1.165, 1.54) is 6.26 Å². The van der Waals surface area contributed by atoms with Crippen LogP contribution in [0.1, 0.15) is 39.0 Å². The number of carbonyl (C=O) groups is 1. The molecule has 0 saturated carbocycles. The number of rotatable bonds is 8. The van der Waals surface area contributed by atoms with Crippen molar-refractivity contribution in [2.24, 2.45) is 11.7 Å². The molecular weight excluding hydrogens is 352 g/mol. The molecule has 0 aromatic heterocycles. The fourth-order valence-corrected chi connectivity index (χ4v) is 4.04. The van der Waals surface area contributed by atoms with Crippen molar-refractivity contribution in [2.75, 3.05) is 26.0 Å². The summed E-state index contributed by atoms with van der Waals surface area (Å²) in [5.74, 6) is 1.29. The predicted octanol–water partition coefficient (Wildman–Crippen LogP) is 2.23. The van der Waals surface area contributed by atoms with Gasteiger partial charge in [-0.15, -0.1) is 0 Å². The molecule has 0 aliphatic carbocycles. The molecule has 6 nitrogen and oxygen atoms in total. The van der Waals surface area contributed by atoms with E-state index < -0.39 is 9.84 Å². The van der Waals surface area contributed by atoms with Gasteiger partial charge in [-0.25, -0.2) is 8.42 Å². The molecule has 0 bridgehead atoms. The Morgan fingerprint density at radius 2 is 1.96 bits per heavy atom. The summed E-state index contributed by atoms with van der Waals surface area (Å²) in [6, 6.07) is 6.56. The Labute approximate surface area is 156 Å². The fourth-order valence-electron chi connectivity index (χ4n) is 3.41. The van der Waals surface area contributed by atoms with Crippen molar-refractivity contribution in [1.29, 1.82) is 0 Å². The summed E-state index contributed by atoms with van der Waals surface area (Å²) in [5, 5.41) is 0. The first kappa shape index (κ1) is 20.7. The summed E-state index contributed by atoms with van der Waals surface area (Å²) < 4.78 is 28.5. The van der Waals surface area contributed by atoms with Gasteiger partial charge in [0.25, 0.3) is 0 Å². The zero-order valence-electron chi connectivity index (χ0n) is 15.7. The summed E-state index contributed by atoms with van der Waals surface area (Å²) in [7, 11) is -3.19. The molecule has 1 amide bonds. The van der Waals surface area contributed by atoms with Crippen LogP contribution in [0, 0.1) is 5.92 Å². The average molecular weight is 383 g/mol. The van der Waals surface area contributed by atoms with E-state index in [2.05, 4.69) is 6.92 Å². The van der Waals surface area contributed by atoms with Gasteiger partial charge in [-0.1, -0.05) is 6.92 Å². The number of sulfone groups is 1. The van der Waals surface area contributed by atoms with Crippen LogP contribution in [0.4, 0.5) is 0 Å². The second-order valence-electron chi connectivity index (χ2n) is 7.06. The monoisotopic (exact) mass is 382 g/mol. The number of benzene rings is 1. The first-order valence-corrected chi connectivity index (χ1v) is 11.1. The van der Waals surface area contributed by atoms with Crippen molar-refractivity contribution in [3.8, 4) is 5.75 Å². The van der Waals surface area contributed by atoms with Crippen molar-refractivity contribution in [2.45, 2.75) is 50.0 Å². The van der Waals surface area contributed by atoms with Crippen LogP contribution >= 0.6 is 0 Å². The van der Waals surface area contributed by atoms with Gasteiger partial charge < -0.3 is 15.4 Å². The molecule has 2 N–H and O–H groups in total. The molecule has 7 heteroatoms. The van der Waals surface area contributed by atoms with Gasteiger partial charge in [0, 0.05) is 31.8 Å². The van der Waals surface area contributed by atoms with Gasteiger partial charge in [0.1, 0.15) is 5.75 Å². The first-order valence-electron chi connectivity index (χ1n) is 9.25. The molecule has 0 unspecified atom stereocenters. The summed E-state index contributed by atoms with van der Waals surface area (Å²) in [6.45, 7) is 4.01. The van der Waals surface area contributed by atoms with Gasteiger partial charge in [-0.3, -0.25) is 4.79 Å². The smallest absolute Gasteiger partial charge is 0.222 e. The molecule has 1 aliphatic rings. The highest BCUT2D eigenvalue weighted by molar-refractivity contribution is 7.90. The molecule has 146 valence electrons. The van der Waals surface area contributed by atoms with Crippen molar-refractivity contribution in [3.63, 3.8) is 0 Å². The van der Waals surface area contributed by atoms with E-state index in [0.717, 1.165) is 32.2 Å². The second kappa shape index (κ2) is 9.37. The van der Waals surface area contributed by atoms with Gasteiger partial charge in [-0.05, 0) is 55.9 Å². The number of likely N-dealkylation sites (tertiary alicyclic amines) is 1. The lowest BCUT2D eigenvalue weighted by atomic mass is 9.90. The van der Waals surface area contributed by atoms with E-state index in [1.54, 1.807) is 24.3 Å². The van der Waals surface area contributed by atoms with Gasteiger partial charge in [0.15, 0.2) is 9.84 Å². The Hall–Kier alpha value is -1.60. The van der Waals surface area contributed by atoms with Crippen LogP contribution in [0.2, 0.25) is 0 Å². The Morgan fingerprint density at radius 3 is 2.58 bits per heavy atom. The largest absolute Gasteiger partial charge is 0.494 e. The van der Waals surface area contributed by atoms with Crippen LogP contribution in [-0.4, -0.2) is 51.2 Å². The topological polar surface area (TPSA) is 89.7 Å². The zero-order valence-corrected chi connectivity index (χ0v) is 16.5. The van der Waals surface area contributed by atoms with Crippen LogP contribution in [0.15, 0.2) is 29.2 Å². The molecule has 1 saturated heterocycles. The average Bonchev–Trinajstić information content (AvgIpc) is 2.60. The minimum Gasteiger partial charge on any atom is -0.494 e. The number of nitrogens with two attached hydrogens (primary N) is 1. The maximum atomic E-state index is 12.5. The highest BCUT2D eigenvalue weighted by Crippen LogP contribution is 2.23. The van der Waals surface area contributed by atoms with Crippen LogP contribution in [0.3, 0.4) is 0 Å². The molecule has 1 aromatic rings. The fraction of sp³-hybridized carbons (Fsp3) is 0.632. The quantitative estimate of drug-likeness (QED) is 0.696. The van der Waals surface area contributed by atoms with Crippen LogP contribution in [-0.2, 0) is 14.6 Å². The molecule has 0 radical (unpaired) electrons. The highest BCUT2D eigenvalue weighted by atomic mass is 32.2. The van der Waals surface area contributed by atoms with Crippen LogP contribution in [0.25, 0.3) is 0 Å². The number of nitrogens with zero attached hydrogens (tertiary/aromatic N) is 1. The summed E-state index contributed by atoms with van der Waals surface area (Å²) in [6.07, 6.45) is 5.42. The third kappa shape index (κ3) is 5.71. The minimum atomic E-state index is -3.19. The summed E-state index contributed by atoms with van der Waals surface area (Å²) >= 11 is 0.